The summed E-state index contributed by atoms with van der Waals surface area (Å²) in [6.45, 7) is 6.62. The Hall–Kier alpha value is -5.26. The minimum atomic E-state index is -0.617. The Morgan fingerprint density at radius 1 is 0.930 bits per heavy atom. The monoisotopic (exact) mass is 795 g/mol. The van der Waals surface area contributed by atoms with Crippen molar-refractivity contribution in [2.45, 2.75) is 76.0 Å². The van der Waals surface area contributed by atoms with E-state index < -0.39 is 11.9 Å². The third-order valence-corrected chi connectivity index (χ3v) is 12.1. The zero-order valence-corrected chi connectivity index (χ0v) is 33.1. The Morgan fingerprint density at radius 3 is 2.39 bits per heavy atom. The van der Waals surface area contributed by atoms with Crippen LogP contribution in [0.2, 0.25) is 5.02 Å². The van der Waals surface area contributed by atoms with E-state index in [1.807, 2.05) is 18.2 Å². The second kappa shape index (κ2) is 18.3. The van der Waals surface area contributed by atoms with Gasteiger partial charge in [-0.3, -0.25) is 29.4 Å². The Balaban J connectivity index is 0.798. The Morgan fingerprint density at radius 2 is 1.70 bits per heavy atom. The maximum atomic E-state index is 13.0. The molecule has 2 N–H and O–H groups in total. The van der Waals surface area contributed by atoms with Gasteiger partial charge in [0.1, 0.15) is 17.9 Å². The molecular formula is C42H50ClN9O5. The Labute approximate surface area is 338 Å². The van der Waals surface area contributed by atoms with Gasteiger partial charge in [-0.1, -0.05) is 23.7 Å². The summed E-state index contributed by atoms with van der Waals surface area (Å²) in [4.78, 5) is 58.5. The van der Waals surface area contributed by atoms with Gasteiger partial charge in [-0.15, -0.1) is 10.2 Å². The number of nitrogens with one attached hydrogen (secondary N) is 2. The van der Waals surface area contributed by atoms with E-state index in [0.29, 0.717) is 34.4 Å². The van der Waals surface area contributed by atoms with Crippen LogP contribution >= 0.6 is 11.6 Å². The molecule has 4 heterocycles. The summed E-state index contributed by atoms with van der Waals surface area (Å²) in [6, 6.07) is 18.3. The average Bonchev–Trinajstić information content (AvgIpc) is 3.22. The minimum absolute atomic E-state index is 0.0281. The van der Waals surface area contributed by atoms with Crippen molar-refractivity contribution in [2.75, 3.05) is 62.7 Å². The van der Waals surface area contributed by atoms with Crippen molar-refractivity contribution in [1.82, 2.24) is 30.6 Å². The van der Waals surface area contributed by atoms with Crippen molar-refractivity contribution in [3.8, 4) is 11.8 Å². The van der Waals surface area contributed by atoms with Crippen molar-refractivity contribution in [3.05, 3.63) is 76.4 Å². The lowest BCUT2D eigenvalue weighted by Gasteiger charge is -2.40. The highest BCUT2D eigenvalue weighted by Crippen LogP contribution is 2.28. The molecule has 57 heavy (non-hydrogen) atoms. The molecule has 7 rings (SSSR count). The number of rotatable bonds is 11. The molecule has 1 aromatic heterocycles. The standard InChI is InChI=1S/C42H50ClN9O5/c1-49(37-12-14-39(53)46-42(37)56)40(54)24-29-3-2-4-32(23-29)51-21-19-50(20-22-51)27-28-15-17-52(18-16-28)38-13-11-36(47-48-38)41(55)45-31-6-9-33(10-7-31)57-34-8-5-30(26-44)35(43)25-34/h2-5,8,11,13,23,25,28,31,33,37H,6-7,9-10,12,14-22,24,27H2,1H3,(H,45,55)(H,46,53,56)/t31-,33-,37?. The molecule has 1 unspecified atom stereocenters. The second-order valence-electron chi connectivity index (χ2n) is 15.6. The van der Waals surface area contributed by atoms with Crippen molar-refractivity contribution >= 4 is 46.7 Å². The summed E-state index contributed by atoms with van der Waals surface area (Å²) in [5.41, 5.74) is 2.74. The highest BCUT2D eigenvalue weighted by molar-refractivity contribution is 6.31. The van der Waals surface area contributed by atoms with E-state index in [1.165, 1.54) is 4.90 Å². The van der Waals surface area contributed by atoms with Gasteiger partial charge < -0.3 is 24.8 Å². The lowest BCUT2D eigenvalue weighted by molar-refractivity contribution is -0.144. The normalized spacial score (nSPS) is 22.0. The number of carbonyl (C=O) groups excluding carboxylic acids is 4. The molecule has 1 atom stereocenters. The van der Waals surface area contributed by atoms with Crippen LogP contribution in [0.15, 0.2) is 54.6 Å². The molecule has 1 saturated carbocycles. The molecule has 4 aliphatic rings. The smallest absolute Gasteiger partial charge is 0.272 e. The van der Waals surface area contributed by atoms with Crippen molar-refractivity contribution < 1.29 is 23.9 Å². The number of anilines is 2. The molecule has 3 saturated heterocycles. The fourth-order valence-electron chi connectivity index (χ4n) is 8.34. The number of ether oxygens (including phenoxy) is 1. The first kappa shape index (κ1) is 40.0. The van der Waals surface area contributed by atoms with Crippen LogP contribution in [0.1, 0.15) is 73.0 Å². The van der Waals surface area contributed by atoms with Gasteiger partial charge in [-0.25, -0.2) is 0 Å². The lowest BCUT2D eigenvalue weighted by atomic mass is 9.93. The number of carbonyl (C=O) groups is 4. The van der Waals surface area contributed by atoms with Crippen LogP contribution in [-0.4, -0.2) is 115 Å². The summed E-state index contributed by atoms with van der Waals surface area (Å²) in [5, 5.41) is 23.6. The molecule has 300 valence electrons. The van der Waals surface area contributed by atoms with Gasteiger partial charge in [0, 0.05) is 77.1 Å². The topological polar surface area (TPSA) is 164 Å². The fourth-order valence-corrected chi connectivity index (χ4v) is 8.55. The van der Waals surface area contributed by atoms with E-state index >= 15 is 0 Å². The number of hydrogen-bond acceptors (Lipinski definition) is 11. The van der Waals surface area contributed by atoms with E-state index in [9.17, 15) is 19.2 Å². The highest BCUT2D eigenvalue weighted by Gasteiger charge is 2.32. The summed E-state index contributed by atoms with van der Waals surface area (Å²) >= 11 is 6.15. The van der Waals surface area contributed by atoms with E-state index in [0.717, 1.165) is 101 Å². The number of nitrogens with zero attached hydrogens (tertiary/aromatic N) is 7. The molecule has 15 heteroatoms. The first-order valence-corrected chi connectivity index (χ1v) is 20.4. The zero-order chi connectivity index (χ0) is 39.9. The van der Waals surface area contributed by atoms with Crippen molar-refractivity contribution in [1.29, 1.82) is 5.26 Å². The molecule has 4 amide bonds. The third kappa shape index (κ3) is 10.2. The summed E-state index contributed by atoms with van der Waals surface area (Å²) in [7, 11) is 1.63. The maximum absolute atomic E-state index is 13.0. The van der Waals surface area contributed by atoms with Gasteiger partial charge in [0.15, 0.2) is 11.5 Å². The molecule has 1 aliphatic carbocycles. The third-order valence-electron chi connectivity index (χ3n) is 11.8. The number of amides is 4. The quantitative estimate of drug-likeness (QED) is 0.270. The number of aromatic nitrogens is 2. The highest BCUT2D eigenvalue weighted by atomic mass is 35.5. The van der Waals surface area contributed by atoms with Gasteiger partial charge in [0.25, 0.3) is 5.91 Å². The van der Waals surface area contributed by atoms with Gasteiger partial charge in [0.2, 0.25) is 17.7 Å². The molecular weight excluding hydrogens is 746 g/mol. The predicted octanol–water partition coefficient (Wildman–Crippen LogP) is 3.97. The molecule has 0 radical (unpaired) electrons. The number of hydrogen-bond donors (Lipinski definition) is 2. The van der Waals surface area contributed by atoms with Crippen LogP contribution in [0, 0.1) is 17.2 Å². The number of halogens is 1. The molecule has 0 spiro atoms. The second-order valence-corrected chi connectivity index (χ2v) is 16.0. The van der Waals surface area contributed by atoms with Crippen LogP contribution in [-0.2, 0) is 20.8 Å². The molecule has 2 aromatic carbocycles. The zero-order valence-electron chi connectivity index (χ0n) is 32.4. The molecule has 4 fully saturated rings. The average molecular weight is 796 g/mol. The van der Waals surface area contributed by atoms with E-state index in [1.54, 1.807) is 31.3 Å². The van der Waals surface area contributed by atoms with Gasteiger partial charge in [-0.05, 0) is 92.8 Å². The minimum Gasteiger partial charge on any atom is -0.490 e. The number of nitriles is 1. The Bertz CT molecular complexity index is 1970. The van der Waals surface area contributed by atoms with Crippen LogP contribution in [0.5, 0.6) is 5.75 Å². The number of imide groups is 1. The van der Waals surface area contributed by atoms with E-state index in [2.05, 4.69) is 53.7 Å². The van der Waals surface area contributed by atoms with Gasteiger partial charge in [0.05, 0.1) is 23.1 Å². The summed E-state index contributed by atoms with van der Waals surface area (Å²) < 4.78 is 6.08. The molecule has 3 aliphatic heterocycles. The number of benzene rings is 2. The van der Waals surface area contributed by atoms with Crippen molar-refractivity contribution in [2.24, 2.45) is 5.92 Å². The van der Waals surface area contributed by atoms with Crippen LogP contribution in [0.4, 0.5) is 11.5 Å². The Kier molecular flexibility index (Phi) is 12.9. The summed E-state index contributed by atoms with van der Waals surface area (Å²) in [6.07, 6.45) is 6.14. The van der Waals surface area contributed by atoms with Crippen LogP contribution in [0.3, 0.4) is 0 Å². The van der Waals surface area contributed by atoms with Gasteiger partial charge >= 0.3 is 0 Å². The van der Waals surface area contributed by atoms with E-state index in [4.69, 9.17) is 21.6 Å². The fraction of sp³-hybridized carbons (Fsp3) is 0.500. The van der Waals surface area contributed by atoms with Gasteiger partial charge in [-0.2, -0.15) is 5.26 Å². The van der Waals surface area contributed by atoms with Crippen LogP contribution in [0.25, 0.3) is 0 Å². The lowest BCUT2D eigenvalue weighted by Crippen LogP contribution is -2.53. The summed E-state index contributed by atoms with van der Waals surface area (Å²) in [5.74, 6) is 0.988. The van der Waals surface area contributed by atoms with Crippen LogP contribution < -0.4 is 25.2 Å². The molecule has 14 nitrogen and oxygen atoms in total. The largest absolute Gasteiger partial charge is 0.490 e. The number of piperazine rings is 1. The van der Waals surface area contributed by atoms with Crippen molar-refractivity contribution in [3.63, 3.8) is 0 Å². The first-order chi connectivity index (χ1) is 27.6. The number of piperidine rings is 2. The number of likely N-dealkylation sites (N-methyl/N-ethyl adjacent to an activating group) is 1. The van der Waals surface area contributed by atoms with E-state index in [-0.39, 0.29) is 42.7 Å². The first-order valence-electron chi connectivity index (χ1n) is 20.0. The maximum Gasteiger partial charge on any atom is 0.272 e. The predicted molar refractivity (Wildman–Crippen MR) is 215 cm³/mol. The molecule has 0 bridgehead atoms. The molecule has 3 aromatic rings. The SMILES string of the molecule is CN(C(=O)Cc1cccc(N2CCN(CC3CCN(c4ccc(C(=O)N[C@H]5CC[C@H](Oc6ccc(C#N)c(Cl)c6)CC5)nn4)CC3)CC2)c1)C1CCC(=O)NC1=O.